The molecule has 0 aliphatic carbocycles. The number of carbonyl (C=O) groups excluding carboxylic acids is 3. The summed E-state index contributed by atoms with van der Waals surface area (Å²) in [5.41, 5.74) is 1.38. The molecule has 1 amide bonds. The average Bonchev–Trinajstić information content (AvgIpc) is 2.71. The number of pyridine rings is 1. The molecule has 1 aromatic heterocycles. The van der Waals surface area contributed by atoms with Crippen LogP contribution < -0.4 is 5.32 Å². The number of anilines is 1. The van der Waals surface area contributed by atoms with Crippen LogP contribution in [0.5, 0.6) is 0 Å². The molecule has 0 radical (unpaired) electrons. The second-order valence-electron chi connectivity index (χ2n) is 5.70. The molecule has 0 saturated carbocycles. The lowest BCUT2D eigenvalue weighted by molar-refractivity contribution is -0.119. The molecule has 28 heavy (non-hydrogen) atoms. The van der Waals surface area contributed by atoms with Crippen LogP contribution in [0.15, 0.2) is 54.6 Å². The molecule has 0 spiro atoms. The SMILES string of the molecule is COC(=O)c1ccccc1NC(=O)COC(=O)c1ccc2nc(Cl)ccc2c1. The molecule has 1 heterocycles. The van der Waals surface area contributed by atoms with Crippen molar-refractivity contribution in [3.05, 3.63) is 70.9 Å². The Kier molecular flexibility index (Phi) is 5.86. The van der Waals surface area contributed by atoms with Gasteiger partial charge in [0.2, 0.25) is 0 Å². The molecule has 0 saturated heterocycles. The summed E-state index contributed by atoms with van der Waals surface area (Å²) < 4.78 is 9.72. The quantitative estimate of drug-likeness (QED) is 0.522. The molecule has 0 aliphatic heterocycles. The second kappa shape index (κ2) is 8.49. The van der Waals surface area contributed by atoms with E-state index in [0.29, 0.717) is 10.7 Å². The summed E-state index contributed by atoms with van der Waals surface area (Å²) in [7, 11) is 1.25. The highest BCUT2D eigenvalue weighted by Gasteiger charge is 2.15. The Bertz CT molecular complexity index is 1070. The van der Waals surface area contributed by atoms with Crippen molar-refractivity contribution in [3.8, 4) is 0 Å². The first-order valence-electron chi connectivity index (χ1n) is 8.18. The Labute approximate surface area is 165 Å². The number of fused-ring (bicyclic) bond motifs is 1. The summed E-state index contributed by atoms with van der Waals surface area (Å²) in [6.45, 7) is -0.509. The van der Waals surface area contributed by atoms with Crippen LogP contribution in [0.4, 0.5) is 5.69 Å². The third kappa shape index (κ3) is 4.44. The fraction of sp³-hybridized carbons (Fsp3) is 0.100. The highest BCUT2D eigenvalue weighted by Crippen LogP contribution is 2.18. The number of rotatable bonds is 5. The number of benzene rings is 2. The maximum Gasteiger partial charge on any atom is 0.339 e. The van der Waals surface area contributed by atoms with Crippen molar-refractivity contribution < 1.29 is 23.9 Å². The highest BCUT2D eigenvalue weighted by atomic mass is 35.5. The van der Waals surface area contributed by atoms with Gasteiger partial charge in [0.15, 0.2) is 6.61 Å². The van der Waals surface area contributed by atoms with Gasteiger partial charge in [-0.15, -0.1) is 0 Å². The number of amides is 1. The summed E-state index contributed by atoms with van der Waals surface area (Å²) in [4.78, 5) is 40.2. The van der Waals surface area contributed by atoms with E-state index in [0.717, 1.165) is 5.39 Å². The number of ether oxygens (including phenoxy) is 2. The van der Waals surface area contributed by atoms with Crippen molar-refractivity contribution in [1.82, 2.24) is 4.98 Å². The highest BCUT2D eigenvalue weighted by molar-refractivity contribution is 6.29. The lowest BCUT2D eigenvalue weighted by atomic mass is 10.1. The van der Waals surface area contributed by atoms with Gasteiger partial charge in [-0.25, -0.2) is 14.6 Å². The zero-order valence-electron chi connectivity index (χ0n) is 14.8. The molecule has 2 aromatic carbocycles. The number of hydrogen-bond acceptors (Lipinski definition) is 6. The monoisotopic (exact) mass is 398 g/mol. The first-order chi connectivity index (χ1) is 13.5. The lowest BCUT2D eigenvalue weighted by Gasteiger charge is -2.10. The van der Waals surface area contributed by atoms with Crippen LogP contribution in [-0.4, -0.2) is 36.5 Å². The summed E-state index contributed by atoms with van der Waals surface area (Å²) in [5, 5.41) is 3.60. The van der Waals surface area contributed by atoms with E-state index in [-0.39, 0.29) is 16.8 Å². The Morgan fingerprint density at radius 2 is 1.82 bits per heavy atom. The van der Waals surface area contributed by atoms with Gasteiger partial charge >= 0.3 is 11.9 Å². The van der Waals surface area contributed by atoms with Crippen LogP contribution in [0.1, 0.15) is 20.7 Å². The van der Waals surface area contributed by atoms with Crippen LogP contribution >= 0.6 is 11.6 Å². The molecular weight excluding hydrogens is 384 g/mol. The van der Waals surface area contributed by atoms with E-state index in [1.54, 1.807) is 48.5 Å². The average molecular weight is 399 g/mol. The predicted octanol–water partition coefficient (Wildman–Crippen LogP) is 3.47. The number of esters is 2. The predicted molar refractivity (Wildman–Crippen MR) is 103 cm³/mol. The van der Waals surface area contributed by atoms with Crippen molar-refractivity contribution in [2.45, 2.75) is 0 Å². The fourth-order valence-electron chi connectivity index (χ4n) is 2.51. The van der Waals surface area contributed by atoms with Crippen LogP contribution in [0, 0.1) is 0 Å². The molecule has 1 N–H and O–H groups in total. The van der Waals surface area contributed by atoms with Gasteiger partial charge in [-0.05, 0) is 42.5 Å². The molecular formula is C20H15ClN2O5. The molecule has 0 unspecified atom stereocenters. The van der Waals surface area contributed by atoms with Gasteiger partial charge in [0.1, 0.15) is 5.15 Å². The maximum atomic E-state index is 12.2. The smallest absolute Gasteiger partial charge is 0.339 e. The first kappa shape index (κ1) is 19.3. The van der Waals surface area contributed by atoms with Crippen molar-refractivity contribution in [2.75, 3.05) is 19.0 Å². The number of para-hydroxylation sites is 1. The number of aromatic nitrogens is 1. The van der Waals surface area contributed by atoms with Crippen LogP contribution in [0.2, 0.25) is 5.15 Å². The van der Waals surface area contributed by atoms with Gasteiger partial charge in [0, 0.05) is 5.39 Å². The summed E-state index contributed by atoms with van der Waals surface area (Å²) in [6, 6.07) is 14.5. The minimum atomic E-state index is -0.659. The van der Waals surface area contributed by atoms with Gasteiger partial charge in [-0.3, -0.25) is 4.79 Å². The largest absolute Gasteiger partial charge is 0.465 e. The van der Waals surface area contributed by atoms with Crippen molar-refractivity contribution >= 4 is 46.0 Å². The van der Waals surface area contributed by atoms with E-state index in [1.165, 1.54) is 13.2 Å². The summed E-state index contributed by atoms with van der Waals surface area (Å²) in [5.74, 6) is -1.83. The first-order valence-corrected chi connectivity index (χ1v) is 8.56. The van der Waals surface area contributed by atoms with Gasteiger partial charge in [-0.1, -0.05) is 23.7 Å². The van der Waals surface area contributed by atoms with Gasteiger partial charge in [0.25, 0.3) is 5.91 Å². The van der Waals surface area contributed by atoms with Gasteiger partial charge in [0.05, 0.1) is 29.4 Å². The molecule has 142 valence electrons. The molecule has 0 bridgehead atoms. The Hall–Kier alpha value is -3.45. The normalized spacial score (nSPS) is 10.4. The third-order valence-electron chi connectivity index (χ3n) is 3.83. The summed E-state index contributed by atoms with van der Waals surface area (Å²) >= 11 is 5.84. The standard InChI is InChI=1S/C20H15ClN2O5/c1-27-20(26)14-4-2-3-5-16(14)23-18(24)11-28-19(25)13-6-8-15-12(10-13)7-9-17(21)22-15/h2-10H,11H2,1H3,(H,23,24). The number of hydrogen-bond donors (Lipinski definition) is 1. The third-order valence-corrected chi connectivity index (χ3v) is 4.04. The number of halogens is 1. The Morgan fingerprint density at radius 3 is 2.61 bits per heavy atom. The molecule has 0 fully saturated rings. The van der Waals surface area contributed by atoms with E-state index in [4.69, 9.17) is 16.3 Å². The van der Waals surface area contributed by atoms with E-state index in [9.17, 15) is 14.4 Å². The molecule has 3 rings (SSSR count). The van der Waals surface area contributed by atoms with E-state index in [1.807, 2.05) is 0 Å². The number of nitrogens with zero attached hydrogens (tertiary/aromatic N) is 1. The van der Waals surface area contributed by atoms with E-state index < -0.39 is 24.5 Å². The Morgan fingerprint density at radius 1 is 1.04 bits per heavy atom. The fourth-order valence-corrected chi connectivity index (χ4v) is 2.66. The molecule has 0 atom stereocenters. The molecule has 3 aromatic rings. The van der Waals surface area contributed by atoms with Crippen molar-refractivity contribution in [1.29, 1.82) is 0 Å². The summed E-state index contributed by atoms with van der Waals surface area (Å²) in [6.07, 6.45) is 0. The minimum Gasteiger partial charge on any atom is -0.465 e. The van der Waals surface area contributed by atoms with Gasteiger partial charge in [-0.2, -0.15) is 0 Å². The number of nitrogens with one attached hydrogen (secondary N) is 1. The van der Waals surface area contributed by atoms with Crippen LogP contribution in [0.25, 0.3) is 10.9 Å². The number of methoxy groups -OCH3 is 1. The molecule has 7 nitrogen and oxygen atoms in total. The van der Waals surface area contributed by atoms with E-state index in [2.05, 4.69) is 15.0 Å². The van der Waals surface area contributed by atoms with Gasteiger partial charge < -0.3 is 14.8 Å². The van der Waals surface area contributed by atoms with E-state index >= 15 is 0 Å². The molecule has 0 aliphatic rings. The number of carbonyl (C=O) groups is 3. The Balaban J connectivity index is 1.64. The maximum absolute atomic E-state index is 12.2. The lowest BCUT2D eigenvalue weighted by Crippen LogP contribution is -2.22. The molecule has 8 heteroatoms. The van der Waals surface area contributed by atoms with Crippen molar-refractivity contribution in [3.63, 3.8) is 0 Å². The van der Waals surface area contributed by atoms with Crippen molar-refractivity contribution in [2.24, 2.45) is 0 Å². The van der Waals surface area contributed by atoms with Crippen LogP contribution in [0.3, 0.4) is 0 Å². The second-order valence-corrected chi connectivity index (χ2v) is 6.09. The zero-order chi connectivity index (χ0) is 20.1. The zero-order valence-corrected chi connectivity index (χ0v) is 15.5. The minimum absolute atomic E-state index is 0.199. The van der Waals surface area contributed by atoms with Crippen LogP contribution in [-0.2, 0) is 14.3 Å². The topological polar surface area (TPSA) is 94.6 Å².